The minimum absolute atomic E-state index is 0.316. The molecule has 0 fully saturated rings. The van der Waals surface area contributed by atoms with Gasteiger partial charge in [-0.1, -0.05) is 12.2 Å². The third-order valence-corrected chi connectivity index (χ3v) is 4.39. The SMILES string of the molecule is NC(=S)c1ccc(Nc2nc3c(s2)CCCC3)cn1. The number of thiocarbonyl (C=S) groups is 1. The zero-order chi connectivity index (χ0) is 13.2. The molecule has 3 N–H and O–H groups in total. The van der Waals surface area contributed by atoms with Crippen LogP contribution in [-0.4, -0.2) is 15.0 Å². The zero-order valence-corrected chi connectivity index (χ0v) is 12.0. The summed E-state index contributed by atoms with van der Waals surface area (Å²) in [6, 6.07) is 3.74. The first-order valence-corrected chi connectivity index (χ1v) is 7.46. The van der Waals surface area contributed by atoms with E-state index in [0.717, 1.165) is 23.7 Å². The number of nitrogens with zero attached hydrogens (tertiary/aromatic N) is 2. The van der Waals surface area contributed by atoms with Crippen molar-refractivity contribution in [2.75, 3.05) is 5.32 Å². The molecule has 1 aliphatic carbocycles. The second-order valence-electron chi connectivity index (χ2n) is 4.52. The molecule has 19 heavy (non-hydrogen) atoms. The molecule has 1 aliphatic rings. The van der Waals surface area contributed by atoms with E-state index in [1.165, 1.54) is 23.4 Å². The number of hydrogen-bond acceptors (Lipinski definition) is 5. The van der Waals surface area contributed by atoms with Gasteiger partial charge < -0.3 is 11.1 Å². The van der Waals surface area contributed by atoms with Crippen LogP contribution >= 0.6 is 23.6 Å². The number of nitrogens with one attached hydrogen (secondary N) is 1. The van der Waals surface area contributed by atoms with Crippen molar-refractivity contribution in [1.82, 2.24) is 9.97 Å². The van der Waals surface area contributed by atoms with E-state index in [9.17, 15) is 0 Å². The highest BCUT2D eigenvalue weighted by molar-refractivity contribution is 7.80. The van der Waals surface area contributed by atoms with E-state index in [2.05, 4.69) is 15.3 Å². The fourth-order valence-corrected chi connectivity index (χ4v) is 3.33. The normalized spacial score (nSPS) is 13.9. The summed E-state index contributed by atoms with van der Waals surface area (Å²) in [6.45, 7) is 0. The van der Waals surface area contributed by atoms with Gasteiger partial charge in [0.1, 0.15) is 4.99 Å². The average Bonchev–Trinajstić information content (AvgIpc) is 2.81. The van der Waals surface area contributed by atoms with Crippen LogP contribution in [0.2, 0.25) is 0 Å². The van der Waals surface area contributed by atoms with E-state index in [4.69, 9.17) is 18.0 Å². The lowest BCUT2D eigenvalue weighted by Crippen LogP contribution is -2.11. The van der Waals surface area contributed by atoms with E-state index in [-0.39, 0.29) is 0 Å². The number of pyridine rings is 1. The van der Waals surface area contributed by atoms with Crippen molar-refractivity contribution >= 4 is 39.4 Å². The first-order valence-electron chi connectivity index (χ1n) is 6.24. The molecule has 3 rings (SSSR count). The maximum absolute atomic E-state index is 5.52. The lowest BCUT2D eigenvalue weighted by atomic mass is 10.0. The standard InChI is InChI=1S/C13H14N4S2/c14-12(18)10-6-5-8(7-15-10)16-13-17-9-3-1-2-4-11(9)19-13/h5-7H,1-4H2,(H2,14,18)(H,16,17). The van der Waals surface area contributed by atoms with Gasteiger partial charge in [0.15, 0.2) is 5.13 Å². The van der Waals surface area contributed by atoms with Crippen LogP contribution in [0, 0.1) is 0 Å². The van der Waals surface area contributed by atoms with Crippen molar-refractivity contribution in [3.05, 3.63) is 34.6 Å². The van der Waals surface area contributed by atoms with Gasteiger partial charge in [-0.2, -0.15) is 0 Å². The summed E-state index contributed by atoms with van der Waals surface area (Å²) in [6.07, 6.45) is 6.52. The van der Waals surface area contributed by atoms with Crippen molar-refractivity contribution in [2.45, 2.75) is 25.7 Å². The van der Waals surface area contributed by atoms with Gasteiger partial charge >= 0.3 is 0 Å². The van der Waals surface area contributed by atoms with Gasteiger partial charge in [0.2, 0.25) is 0 Å². The Morgan fingerprint density at radius 1 is 1.32 bits per heavy atom. The molecule has 0 spiro atoms. The van der Waals surface area contributed by atoms with Gasteiger partial charge in [-0.15, -0.1) is 11.3 Å². The molecule has 0 radical (unpaired) electrons. The van der Waals surface area contributed by atoms with Crippen molar-refractivity contribution in [3.63, 3.8) is 0 Å². The van der Waals surface area contributed by atoms with Gasteiger partial charge in [-0.3, -0.25) is 4.98 Å². The fraction of sp³-hybridized carbons (Fsp3) is 0.308. The number of aryl methyl sites for hydroxylation is 2. The van der Waals surface area contributed by atoms with Gasteiger partial charge in [-0.05, 0) is 37.8 Å². The lowest BCUT2D eigenvalue weighted by molar-refractivity contribution is 0.683. The van der Waals surface area contributed by atoms with Crippen molar-refractivity contribution < 1.29 is 0 Å². The molecule has 2 heterocycles. The molecule has 2 aromatic rings. The van der Waals surface area contributed by atoms with Gasteiger partial charge in [0.05, 0.1) is 23.3 Å². The Labute approximate surface area is 121 Å². The summed E-state index contributed by atoms with van der Waals surface area (Å²) in [5, 5.41) is 4.23. The molecule has 0 bridgehead atoms. The molecule has 0 unspecified atom stereocenters. The molecular weight excluding hydrogens is 276 g/mol. The number of anilines is 2. The van der Waals surface area contributed by atoms with Crippen molar-refractivity contribution in [1.29, 1.82) is 0 Å². The molecule has 0 aliphatic heterocycles. The number of fused-ring (bicyclic) bond motifs is 1. The number of thiazole rings is 1. The Morgan fingerprint density at radius 3 is 2.84 bits per heavy atom. The Balaban J connectivity index is 1.77. The van der Waals surface area contributed by atoms with Gasteiger partial charge in [-0.25, -0.2) is 4.98 Å². The van der Waals surface area contributed by atoms with Crippen LogP contribution < -0.4 is 11.1 Å². The van der Waals surface area contributed by atoms with E-state index >= 15 is 0 Å². The smallest absolute Gasteiger partial charge is 0.187 e. The van der Waals surface area contributed by atoms with Crippen molar-refractivity contribution in [3.8, 4) is 0 Å². The number of rotatable bonds is 3. The molecule has 0 saturated heterocycles. The Morgan fingerprint density at radius 2 is 2.16 bits per heavy atom. The number of nitrogens with two attached hydrogens (primary N) is 1. The third-order valence-electron chi connectivity index (χ3n) is 3.11. The fourth-order valence-electron chi connectivity index (χ4n) is 2.14. The van der Waals surface area contributed by atoms with E-state index in [1.807, 2.05) is 12.1 Å². The van der Waals surface area contributed by atoms with Crippen LogP contribution in [0.3, 0.4) is 0 Å². The van der Waals surface area contributed by atoms with Gasteiger partial charge in [0, 0.05) is 4.88 Å². The quantitative estimate of drug-likeness (QED) is 0.851. The molecule has 4 nitrogen and oxygen atoms in total. The minimum Gasteiger partial charge on any atom is -0.388 e. The largest absolute Gasteiger partial charge is 0.388 e. The topological polar surface area (TPSA) is 63.8 Å². The zero-order valence-electron chi connectivity index (χ0n) is 10.3. The Hall–Kier alpha value is -1.53. The summed E-state index contributed by atoms with van der Waals surface area (Å²) in [5.41, 5.74) is 8.32. The predicted octanol–water partition coefficient (Wildman–Crippen LogP) is 2.79. The van der Waals surface area contributed by atoms with E-state index in [0.29, 0.717) is 10.7 Å². The van der Waals surface area contributed by atoms with Crippen LogP contribution in [0.4, 0.5) is 10.8 Å². The maximum atomic E-state index is 5.52. The summed E-state index contributed by atoms with van der Waals surface area (Å²) in [5.74, 6) is 0. The molecule has 6 heteroatoms. The summed E-state index contributed by atoms with van der Waals surface area (Å²) in [4.78, 5) is 10.6. The summed E-state index contributed by atoms with van der Waals surface area (Å²) in [7, 11) is 0. The monoisotopic (exact) mass is 290 g/mol. The van der Waals surface area contributed by atoms with Crippen LogP contribution in [-0.2, 0) is 12.8 Å². The Kier molecular flexibility index (Phi) is 3.44. The lowest BCUT2D eigenvalue weighted by Gasteiger charge is -2.06. The molecule has 0 amide bonds. The van der Waals surface area contributed by atoms with Crippen LogP contribution in [0.5, 0.6) is 0 Å². The first kappa shape index (κ1) is 12.5. The first-order chi connectivity index (χ1) is 9.22. The number of aromatic nitrogens is 2. The molecule has 0 atom stereocenters. The summed E-state index contributed by atoms with van der Waals surface area (Å²) < 4.78 is 0. The highest BCUT2D eigenvalue weighted by Gasteiger charge is 2.15. The average molecular weight is 290 g/mol. The highest BCUT2D eigenvalue weighted by Crippen LogP contribution is 2.31. The highest BCUT2D eigenvalue weighted by atomic mass is 32.1. The molecular formula is C13H14N4S2. The summed E-state index contributed by atoms with van der Waals surface area (Å²) >= 11 is 6.62. The number of hydrogen-bond donors (Lipinski definition) is 2. The maximum Gasteiger partial charge on any atom is 0.187 e. The second-order valence-corrected chi connectivity index (χ2v) is 6.04. The van der Waals surface area contributed by atoms with E-state index in [1.54, 1.807) is 17.5 Å². The van der Waals surface area contributed by atoms with Crippen LogP contribution in [0.25, 0.3) is 0 Å². The van der Waals surface area contributed by atoms with Crippen LogP contribution in [0.15, 0.2) is 18.3 Å². The van der Waals surface area contributed by atoms with E-state index < -0.39 is 0 Å². The molecule has 0 aromatic carbocycles. The second kappa shape index (κ2) is 5.22. The third kappa shape index (κ3) is 2.74. The molecule has 2 aromatic heterocycles. The van der Waals surface area contributed by atoms with Crippen LogP contribution in [0.1, 0.15) is 29.1 Å². The van der Waals surface area contributed by atoms with Gasteiger partial charge in [0.25, 0.3) is 0 Å². The Bertz CT molecular complexity index is 580. The molecule has 0 saturated carbocycles. The predicted molar refractivity (Wildman–Crippen MR) is 82.2 cm³/mol. The van der Waals surface area contributed by atoms with Crippen molar-refractivity contribution in [2.24, 2.45) is 5.73 Å². The minimum atomic E-state index is 0.316. The molecule has 98 valence electrons.